The molecule has 2 aliphatic rings. The summed E-state index contributed by atoms with van der Waals surface area (Å²) in [7, 11) is 0. The lowest BCUT2D eigenvalue weighted by Gasteiger charge is -2.38. The second kappa shape index (κ2) is 5.81. The predicted octanol–water partition coefficient (Wildman–Crippen LogP) is 2.00. The zero-order valence-electron chi connectivity index (χ0n) is 11.1. The van der Waals surface area contributed by atoms with E-state index < -0.39 is 0 Å². The summed E-state index contributed by atoms with van der Waals surface area (Å²) in [6, 6.07) is 4.20. The number of piperazine rings is 1. The van der Waals surface area contributed by atoms with E-state index in [1.54, 1.807) is 0 Å². The minimum Gasteiger partial charge on any atom is -0.301 e. The maximum Gasteiger partial charge on any atom is 0.0312 e. The fourth-order valence-corrected chi connectivity index (χ4v) is 2.92. The summed E-state index contributed by atoms with van der Waals surface area (Å²) in [5.74, 6) is 1.01. The van der Waals surface area contributed by atoms with Gasteiger partial charge in [-0.1, -0.05) is 12.5 Å². The molecule has 3 heteroatoms. The quantitative estimate of drug-likeness (QED) is 0.809. The normalized spacial score (nSPS) is 22.9. The molecular formula is C15H23N3. The lowest BCUT2D eigenvalue weighted by molar-refractivity contribution is 0.0967. The Kier molecular flexibility index (Phi) is 3.91. The van der Waals surface area contributed by atoms with Gasteiger partial charge < -0.3 is 4.90 Å². The highest BCUT2D eigenvalue weighted by molar-refractivity contribution is 5.08. The van der Waals surface area contributed by atoms with Crippen molar-refractivity contribution >= 4 is 0 Å². The Morgan fingerprint density at radius 2 is 1.89 bits per heavy atom. The Balaban J connectivity index is 1.42. The zero-order valence-corrected chi connectivity index (χ0v) is 11.1. The first-order valence-corrected chi connectivity index (χ1v) is 7.24. The highest BCUT2D eigenvalue weighted by Gasteiger charge is 2.23. The van der Waals surface area contributed by atoms with E-state index in [0.29, 0.717) is 0 Å². The minimum absolute atomic E-state index is 1.01. The van der Waals surface area contributed by atoms with Crippen LogP contribution < -0.4 is 0 Å². The second-order valence-corrected chi connectivity index (χ2v) is 5.73. The monoisotopic (exact) mass is 245 g/mol. The average molecular weight is 245 g/mol. The summed E-state index contributed by atoms with van der Waals surface area (Å²) in [6.07, 6.45) is 8.23. The summed E-state index contributed by atoms with van der Waals surface area (Å²) in [5, 5.41) is 0. The number of hydrogen-bond acceptors (Lipinski definition) is 3. The van der Waals surface area contributed by atoms with Crippen LogP contribution in [-0.2, 0) is 6.54 Å². The third-order valence-electron chi connectivity index (χ3n) is 4.34. The van der Waals surface area contributed by atoms with Gasteiger partial charge in [0.25, 0.3) is 0 Å². The number of pyridine rings is 1. The number of rotatable bonds is 4. The summed E-state index contributed by atoms with van der Waals surface area (Å²) >= 11 is 0. The highest BCUT2D eigenvalue weighted by atomic mass is 15.3. The number of nitrogens with zero attached hydrogens (tertiary/aromatic N) is 3. The van der Waals surface area contributed by atoms with E-state index in [1.807, 2.05) is 18.5 Å². The van der Waals surface area contributed by atoms with Gasteiger partial charge in [-0.2, -0.15) is 0 Å². The number of aromatic nitrogens is 1. The first-order chi connectivity index (χ1) is 8.90. The summed E-state index contributed by atoms with van der Waals surface area (Å²) in [6.45, 7) is 7.32. The molecule has 1 aromatic heterocycles. The van der Waals surface area contributed by atoms with Crippen LogP contribution in [0.25, 0.3) is 0 Å². The van der Waals surface area contributed by atoms with Gasteiger partial charge in [-0.25, -0.2) is 0 Å². The van der Waals surface area contributed by atoms with Crippen molar-refractivity contribution in [3.05, 3.63) is 30.1 Å². The molecule has 2 heterocycles. The Hall–Kier alpha value is -0.930. The first-order valence-electron chi connectivity index (χ1n) is 7.24. The topological polar surface area (TPSA) is 19.4 Å². The highest BCUT2D eigenvalue weighted by Crippen LogP contribution is 2.27. The van der Waals surface area contributed by atoms with Gasteiger partial charge in [0, 0.05) is 51.7 Å². The van der Waals surface area contributed by atoms with Crippen molar-refractivity contribution in [1.29, 1.82) is 0 Å². The van der Waals surface area contributed by atoms with E-state index in [9.17, 15) is 0 Å². The third kappa shape index (κ3) is 3.09. The minimum atomic E-state index is 1.01. The smallest absolute Gasteiger partial charge is 0.0312 e. The molecule has 0 aromatic carbocycles. The van der Waals surface area contributed by atoms with E-state index in [0.717, 1.165) is 12.5 Å². The van der Waals surface area contributed by atoms with Gasteiger partial charge in [0.2, 0.25) is 0 Å². The molecule has 0 unspecified atom stereocenters. The molecule has 0 N–H and O–H groups in total. The van der Waals surface area contributed by atoms with Crippen molar-refractivity contribution in [3.63, 3.8) is 0 Å². The van der Waals surface area contributed by atoms with Crippen LogP contribution in [0.15, 0.2) is 24.5 Å². The maximum absolute atomic E-state index is 4.19. The zero-order chi connectivity index (χ0) is 12.2. The lowest BCUT2D eigenvalue weighted by Crippen LogP contribution is -2.47. The van der Waals surface area contributed by atoms with Gasteiger partial charge in [-0.3, -0.25) is 9.88 Å². The molecule has 3 rings (SSSR count). The molecule has 0 amide bonds. The standard InChI is InChI=1S/C15H23N3/c1-3-14(4-1)12-17-7-9-18(10-8-17)13-15-5-2-6-16-11-15/h2,5-6,11,14H,1,3-4,7-10,12-13H2. The molecule has 1 saturated carbocycles. The average Bonchev–Trinajstić information content (AvgIpc) is 2.37. The fraction of sp³-hybridized carbons (Fsp3) is 0.667. The maximum atomic E-state index is 4.19. The lowest BCUT2D eigenvalue weighted by atomic mass is 9.85. The van der Waals surface area contributed by atoms with Crippen molar-refractivity contribution in [3.8, 4) is 0 Å². The van der Waals surface area contributed by atoms with Crippen LogP contribution in [0.1, 0.15) is 24.8 Å². The van der Waals surface area contributed by atoms with E-state index in [4.69, 9.17) is 0 Å². The van der Waals surface area contributed by atoms with Crippen LogP contribution in [-0.4, -0.2) is 47.5 Å². The van der Waals surface area contributed by atoms with Gasteiger partial charge in [0.05, 0.1) is 0 Å². The van der Waals surface area contributed by atoms with Gasteiger partial charge >= 0.3 is 0 Å². The van der Waals surface area contributed by atoms with Crippen molar-refractivity contribution in [1.82, 2.24) is 14.8 Å². The summed E-state index contributed by atoms with van der Waals surface area (Å²) < 4.78 is 0. The van der Waals surface area contributed by atoms with Crippen LogP contribution in [0.3, 0.4) is 0 Å². The van der Waals surface area contributed by atoms with Gasteiger partial charge in [0.15, 0.2) is 0 Å². The Bertz CT molecular complexity index is 353. The molecule has 3 nitrogen and oxygen atoms in total. The summed E-state index contributed by atoms with van der Waals surface area (Å²) in [4.78, 5) is 9.39. The molecule has 0 radical (unpaired) electrons. The molecule has 98 valence electrons. The van der Waals surface area contributed by atoms with Gasteiger partial charge in [-0.15, -0.1) is 0 Å². The molecule has 0 atom stereocenters. The van der Waals surface area contributed by atoms with Gasteiger partial charge in [0.1, 0.15) is 0 Å². The molecule has 1 aliphatic carbocycles. The summed E-state index contributed by atoms with van der Waals surface area (Å²) in [5.41, 5.74) is 1.34. The predicted molar refractivity (Wildman–Crippen MR) is 73.3 cm³/mol. The molecule has 0 spiro atoms. The number of hydrogen-bond donors (Lipinski definition) is 0. The fourth-order valence-electron chi connectivity index (χ4n) is 2.92. The Morgan fingerprint density at radius 1 is 1.11 bits per heavy atom. The van der Waals surface area contributed by atoms with Crippen LogP contribution in [0.4, 0.5) is 0 Å². The van der Waals surface area contributed by atoms with Crippen molar-refractivity contribution in [2.24, 2.45) is 5.92 Å². The van der Waals surface area contributed by atoms with Gasteiger partial charge in [-0.05, 0) is 30.4 Å². The Labute approximate surface area is 110 Å². The molecule has 1 aliphatic heterocycles. The van der Waals surface area contributed by atoms with Crippen LogP contribution in [0.2, 0.25) is 0 Å². The second-order valence-electron chi connectivity index (χ2n) is 5.73. The van der Waals surface area contributed by atoms with Crippen molar-refractivity contribution in [2.45, 2.75) is 25.8 Å². The SMILES string of the molecule is c1cncc(CN2CCN(CC3CCC3)CC2)c1. The van der Waals surface area contributed by atoms with Crippen LogP contribution >= 0.6 is 0 Å². The molecule has 1 aromatic rings. The van der Waals surface area contributed by atoms with Crippen molar-refractivity contribution in [2.75, 3.05) is 32.7 Å². The molecular weight excluding hydrogens is 222 g/mol. The van der Waals surface area contributed by atoms with E-state index in [1.165, 1.54) is 57.5 Å². The van der Waals surface area contributed by atoms with E-state index in [2.05, 4.69) is 20.9 Å². The molecule has 18 heavy (non-hydrogen) atoms. The van der Waals surface area contributed by atoms with Crippen LogP contribution in [0, 0.1) is 5.92 Å². The van der Waals surface area contributed by atoms with E-state index >= 15 is 0 Å². The molecule has 2 fully saturated rings. The Morgan fingerprint density at radius 3 is 2.50 bits per heavy atom. The molecule has 0 bridgehead atoms. The van der Waals surface area contributed by atoms with Crippen LogP contribution in [0.5, 0.6) is 0 Å². The van der Waals surface area contributed by atoms with Crippen molar-refractivity contribution < 1.29 is 0 Å². The van der Waals surface area contributed by atoms with E-state index in [-0.39, 0.29) is 0 Å². The molecule has 1 saturated heterocycles. The largest absolute Gasteiger partial charge is 0.301 e. The first kappa shape index (κ1) is 12.1. The third-order valence-corrected chi connectivity index (χ3v) is 4.34.